The molecule has 2 aromatic rings. The lowest BCUT2D eigenvalue weighted by atomic mass is 10.2. The quantitative estimate of drug-likeness (QED) is 0.851. The molecule has 8 nitrogen and oxygen atoms in total. The molecule has 0 spiro atoms. The number of rotatable bonds is 4. The van der Waals surface area contributed by atoms with Gasteiger partial charge in [0, 0.05) is 24.1 Å². The maximum absolute atomic E-state index is 12.1. The van der Waals surface area contributed by atoms with Crippen molar-refractivity contribution in [3.05, 3.63) is 42.5 Å². The fourth-order valence-electron chi connectivity index (χ4n) is 1.90. The van der Waals surface area contributed by atoms with Gasteiger partial charge < -0.3 is 19.5 Å². The molecule has 0 radical (unpaired) electrons. The second-order valence-corrected chi connectivity index (χ2v) is 4.70. The molecule has 0 fully saturated rings. The van der Waals surface area contributed by atoms with Gasteiger partial charge in [-0.25, -0.2) is 9.78 Å². The summed E-state index contributed by atoms with van der Waals surface area (Å²) in [6, 6.07) is 4.99. The number of esters is 1. The molecule has 3 rings (SSSR count). The molecular weight excluding hydrogens is 302 g/mol. The third kappa shape index (κ3) is 3.37. The van der Waals surface area contributed by atoms with E-state index in [-0.39, 0.29) is 12.5 Å². The van der Waals surface area contributed by atoms with E-state index in [1.807, 2.05) is 0 Å². The van der Waals surface area contributed by atoms with Crippen molar-refractivity contribution in [2.75, 3.05) is 12.1 Å². The lowest BCUT2D eigenvalue weighted by molar-refractivity contribution is -0.123. The topological polar surface area (TPSA) is 99.6 Å². The number of fused-ring (bicyclic) bond motifs is 1. The predicted molar refractivity (Wildman–Crippen MR) is 78.1 cm³/mol. The summed E-state index contributed by atoms with van der Waals surface area (Å²) < 4.78 is 15.5. The van der Waals surface area contributed by atoms with E-state index in [4.69, 9.17) is 14.2 Å². The summed E-state index contributed by atoms with van der Waals surface area (Å²) in [7, 11) is 0. The minimum Gasteiger partial charge on any atom is -0.454 e. The number of nitrogens with one attached hydrogen (secondary N) is 1. The highest BCUT2D eigenvalue weighted by Crippen LogP contribution is 2.34. The second kappa shape index (κ2) is 6.30. The van der Waals surface area contributed by atoms with Crippen LogP contribution in [0.25, 0.3) is 0 Å². The predicted octanol–water partition coefficient (Wildman–Crippen LogP) is 1.39. The van der Waals surface area contributed by atoms with Crippen LogP contribution in [-0.4, -0.2) is 34.7 Å². The van der Waals surface area contributed by atoms with Crippen LogP contribution in [0, 0.1) is 0 Å². The summed E-state index contributed by atoms with van der Waals surface area (Å²) in [5, 5.41) is 2.64. The third-order valence-electron chi connectivity index (χ3n) is 3.07. The van der Waals surface area contributed by atoms with Crippen molar-refractivity contribution >= 4 is 17.6 Å². The van der Waals surface area contributed by atoms with Gasteiger partial charge >= 0.3 is 5.97 Å². The summed E-state index contributed by atoms with van der Waals surface area (Å²) in [5.74, 6) is -0.0234. The number of aromatic nitrogens is 2. The van der Waals surface area contributed by atoms with Gasteiger partial charge in [-0.05, 0) is 19.1 Å². The van der Waals surface area contributed by atoms with E-state index in [2.05, 4.69) is 15.3 Å². The van der Waals surface area contributed by atoms with Crippen LogP contribution in [0.4, 0.5) is 5.69 Å². The van der Waals surface area contributed by atoms with E-state index in [9.17, 15) is 9.59 Å². The maximum atomic E-state index is 12.1. The van der Waals surface area contributed by atoms with Crippen molar-refractivity contribution in [3.63, 3.8) is 0 Å². The summed E-state index contributed by atoms with van der Waals surface area (Å²) >= 11 is 0. The highest BCUT2D eigenvalue weighted by Gasteiger charge is 2.21. The van der Waals surface area contributed by atoms with Crippen LogP contribution < -0.4 is 14.8 Å². The van der Waals surface area contributed by atoms with E-state index in [0.717, 1.165) is 0 Å². The molecular formula is C15H13N3O5. The molecule has 23 heavy (non-hydrogen) atoms. The summed E-state index contributed by atoms with van der Waals surface area (Å²) in [6.45, 7) is 1.62. The van der Waals surface area contributed by atoms with Crippen molar-refractivity contribution < 1.29 is 23.8 Å². The van der Waals surface area contributed by atoms with Crippen LogP contribution in [0.2, 0.25) is 0 Å². The third-order valence-corrected chi connectivity index (χ3v) is 3.07. The highest BCUT2D eigenvalue weighted by molar-refractivity contribution is 5.96. The Labute approximate surface area is 131 Å². The lowest BCUT2D eigenvalue weighted by Gasteiger charge is -2.13. The van der Waals surface area contributed by atoms with Gasteiger partial charge in [0.2, 0.25) is 6.79 Å². The molecule has 1 aromatic carbocycles. The van der Waals surface area contributed by atoms with Gasteiger partial charge in [-0.2, -0.15) is 0 Å². The summed E-state index contributed by atoms with van der Waals surface area (Å²) in [4.78, 5) is 31.5. The van der Waals surface area contributed by atoms with Gasteiger partial charge in [0.15, 0.2) is 23.3 Å². The van der Waals surface area contributed by atoms with E-state index in [1.165, 1.54) is 25.5 Å². The molecule has 1 aromatic heterocycles. The minimum absolute atomic E-state index is 0.0372. The Morgan fingerprint density at radius 3 is 2.87 bits per heavy atom. The van der Waals surface area contributed by atoms with E-state index in [1.54, 1.807) is 18.2 Å². The van der Waals surface area contributed by atoms with E-state index in [0.29, 0.717) is 17.2 Å². The molecule has 0 saturated heterocycles. The zero-order valence-electron chi connectivity index (χ0n) is 12.2. The molecule has 0 saturated carbocycles. The number of hydrogen-bond donors (Lipinski definition) is 1. The molecule has 0 unspecified atom stereocenters. The smallest absolute Gasteiger partial charge is 0.359 e. The van der Waals surface area contributed by atoms with Gasteiger partial charge in [0.25, 0.3) is 5.91 Å². The first kappa shape index (κ1) is 14.8. The molecule has 1 aliphatic rings. The molecule has 1 amide bonds. The average molecular weight is 315 g/mol. The normalized spacial score (nSPS) is 13.3. The Kier molecular flexibility index (Phi) is 4.05. The molecule has 8 heteroatoms. The zero-order valence-corrected chi connectivity index (χ0v) is 12.2. The number of amides is 1. The largest absolute Gasteiger partial charge is 0.454 e. The van der Waals surface area contributed by atoms with Crippen molar-refractivity contribution in [3.8, 4) is 11.5 Å². The number of carbonyl (C=O) groups excluding carboxylic acids is 2. The van der Waals surface area contributed by atoms with Gasteiger partial charge in [0.1, 0.15) is 0 Å². The van der Waals surface area contributed by atoms with Gasteiger partial charge in [-0.1, -0.05) is 0 Å². The number of benzene rings is 1. The minimum atomic E-state index is -0.991. The van der Waals surface area contributed by atoms with Crippen LogP contribution in [0.1, 0.15) is 17.4 Å². The van der Waals surface area contributed by atoms with Crippen molar-refractivity contribution in [1.82, 2.24) is 9.97 Å². The molecule has 118 valence electrons. The first-order valence-corrected chi connectivity index (χ1v) is 6.81. The molecule has 2 heterocycles. The maximum Gasteiger partial charge on any atom is 0.359 e. The van der Waals surface area contributed by atoms with Crippen LogP contribution in [0.15, 0.2) is 36.8 Å². The lowest BCUT2D eigenvalue weighted by Crippen LogP contribution is -2.30. The second-order valence-electron chi connectivity index (χ2n) is 4.70. The highest BCUT2D eigenvalue weighted by atomic mass is 16.7. The number of carbonyl (C=O) groups is 2. The number of ether oxygens (including phenoxy) is 3. The molecule has 1 aliphatic heterocycles. The summed E-state index contributed by atoms with van der Waals surface area (Å²) in [5.41, 5.74) is 0.553. The Hall–Kier alpha value is -3.16. The number of nitrogens with zero attached hydrogens (tertiary/aromatic N) is 2. The van der Waals surface area contributed by atoms with Crippen molar-refractivity contribution in [1.29, 1.82) is 0 Å². The van der Waals surface area contributed by atoms with Crippen LogP contribution in [0.5, 0.6) is 11.5 Å². The van der Waals surface area contributed by atoms with Crippen molar-refractivity contribution in [2.45, 2.75) is 13.0 Å². The zero-order chi connectivity index (χ0) is 16.2. The molecule has 1 N–H and O–H groups in total. The van der Waals surface area contributed by atoms with Gasteiger partial charge in [-0.15, -0.1) is 0 Å². The Balaban J connectivity index is 1.60. The fraction of sp³-hybridized carbons (Fsp3) is 0.200. The number of anilines is 1. The Bertz CT molecular complexity index is 735. The average Bonchev–Trinajstić information content (AvgIpc) is 3.03. The van der Waals surface area contributed by atoms with Gasteiger partial charge in [-0.3, -0.25) is 9.78 Å². The van der Waals surface area contributed by atoms with Gasteiger partial charge in [0.05, 0.1) is 6.20 Å². The Morgan fingerprint density at radius 2 is 2.09 bits per heavy atom. The van der Waals surface area contributed by atoms with Crippen LogP contribution in [0.3, 0.4) is 0 Å². The first-order valence-electron chi connectivity index (χ1n) is 6.81. The van der Waals surface area contributed by atoms with E-state index >= 15 is 0 Å². The number of hydrogen-bond acceptors (Lipinski definition) is 7. The first-order chi connectivity index (χ1) is 11.1. The van der Waals surface area contributed by atoms with E-state index < -0.39 is 18.0 Å². The van der Waals surface area contributed by atoms with Crippen molar-refractivity contribution in [2.24, 2.45) is 0 Å². The molecule has 0 bridgehead atoms. The summed E-state index contributed by atoms with van der Waals surface area (Å²) in [6.07, 6.45) is 3.08. The molecule has 0 aliphatic carbocycles. The standard InChI is InChI=1S/C15H13N3O5/c1-9(23-15(20)11-7-16-4-5-17-11)14(19)18-10-2-3-12-13(6-10)22-8-21-12/h2-7,9H,8H2,1H3,(H,18,19)/t9-/m0/s1. The van der Waals surface area contributed by atoms with Crippen LogP contribution >= 0.6 is 0 Å². The monoisotopic (exact) mass is 315 g/mol. The fourth-order valence-corrected chi connectivity index (χ4v) is 1.90. The molecule has 1 atom stereocenters. The van der Waals surface area contributed by atoms with Crippen LogP contribution in [-0.2, 0) is 9.53 Å². The SMILES string of the molecule is C[C@H](OC(=O)c1cnccn1)C(=O)Nc1ccc2c(c1)OCO2. The Morgan fingerprint density at radius 1 is 1.26 bits per heavy atom.